The van der Waals surface area contributed by atoms with E-state index in [-0.39, 0.29) is 0 Å². The Morgan fingerprint density at radius 1 is 0.769 bits per heavy atom. The summed E-state index contributed by atoms with van der Waals surface area (Å²) in [7, 11) is 0. The van der Waals surface area contributed by atoms with E-state index in [2.05, 4.69) is 48.7 Å². The molecule has 3 aliphatic carbocycles. The first-order chi connectivity index (χ1) is 12.8. The summed E-state index contributed by atoms with van der Waals surface area (Å²) in [5.74, 6) is 5.31. The first kappa shape index (κ1) is 18.5. The van der Waals surface area contributed by atoms with Gasteiger partial charge in [0.25, 0.3) is 0 Å². The Labute approximate surface area is 161 Å². The maximum Gasteiger partial charge on any atom is 0.00956 e. The molecule has 7 unspecified atom stereocenters. The van der Waals surface area contributed by atoms with Crippen LogP contribution in [-0.2, 0) is 0 Å². The zero-order valence-electron chi connectivity index (χ0n) is 16.8. The molecular formula is C25H39N. The van der Waals surface area contributed by atoms with Crippen molar-refractivity contribution in [1.82, 2.24) is 5.32 Å². The van der Waals surface area contributed by atoms with Gasteiger partial charge < -0.3 is 5.32 Å². The minimum atomic E-state index is 0.761. The van der Waals surface area contributed by atoms with Gasteiger partial charge in [0.1, 0.15) is 0 Å². The van der Waals surface area contributed by atoms with Crippen LogP contribution in [0.1, 0.15) is 71.1 Å². The summed E-state index contributed by atoms with van der Waals surface area (Å²) >= 11 is 0. The van der Waals surface area contributed by atoms with Crippen LogP contribution in [0.25, 0.3) is 0 Å². The average Bonchev–Trinajstić information content (AvgIpc) is 2.75. The topological polar surface area (TPSA) is 12.0 Å². The fourth-order valence-electron chi connectivity index (χ4n) is 6.41. The minimum Gasteiger partial charge on any atom is -0.313 e. The van der Waals surface area contributed by atoms with Crippen molar-refractivity contribution in [1.29, 1.82) is 0 Å². The molecular weight excluding hydrogens is 314 g/mol. The van der Waals surface area contributed by atoms with Crippen LogP contribution in [0.15, 0.2) is 36.5 Å². The predicted molar refractivity (Wildman–Crippen MR) is 112 cm³/mol. The molecule has 0 aromatic heterocycles. The number of piperidine rings is 1. The highest BCUT2D eigenvalue weighted by molar-refractivity contribution is 5.06. The van der Waals surface area contributed by atoms with E-state index in [4.69, 9.17) is 0 Å². The number of hydrogen-bond donors (Lipinski definition) is 1. The Bertz CT molecular complexity index is 530. The summed E-state index contributed by atoms with van der Waals surface area (Å²) < 4.78 is 0. The summed E-state index contributed by atoms with van der Waals surface area (Å²) in [5, 5.41) is 3.97. The van der Waals surface area contributed by atoms with Crippen LogP contribution in [-0.4, -0.2) is 12.6 Å². The highest BCUT2D eigenvalue weighted by atomic mass is 14.9. The first-order valence-corrected chi connectivity index (χ1v) is 11.6. The van der Waals surface area contributed by atoms with Crippen LogP contribution in [0.3, 0.4) is 0 Å². The third-order valence-electron chi connectivity index (χ3n) is 8.05. The molecule has 0 aromatic carbocycles. The lowest BCUT2D eigenvalue weighted by atomic mass is 9.67. The van der Waals surface area contributed by atoms with Gasteiger partial charge >= 0.3 is 0 Å². The second kappa shape index (κ2) is 8.91. The van der Waals surface area contributed by atoms with Crippen LogP contribution in [0.2, 0.25) is 0 Å². The summed E-state index contributed by atoms with van der Waals surface area (Å²) in [6, 6.07) is 0.761. The lowest BCUT2D eigenvalue weighted by Crippen LogP contribution is -2.49. The van der Waals surface area contributed by atoms with Crippen molar-refractivity contribution < 1.29 is 0 Å². The lowest BCUT2D eigenvalue weighted by molar-refractivity contribution is 0.116. The molecule has 0 saturated carbocycles. The van der Waals surface area contributed by atoms with Gasteiger partial charge in [0.15, 0.2) is 0 Å². The molecule has 1 nitrogen and oxygen atoms in total. The highest BCUT2D eigenvalue weighted by Gasteiger charge is 2.37. The van der Waals surface area contributed by atoms with E-state index < -0.39 is 0 Å². The van der Waals surface area contributed by atoms with Crippen LogP contribution >= 0.6 is 0 Å². The van der Waals surface area contributed by atoms with Crippen LogP contribution < -0.4 is 5.32 Å². The molecule has 0 aromatic rings. The van der Waals surface area contributed by atoms with Gasteiger partial charge in [-0.3, -0.25) is 0 Å². The maximum atomic E-state index is 3.97. The van der Waals surface area contributed by atoms with Crippen LogP contribution in [0.4, 0.5) is 0 Å². The molecule has 1 aliphatic heterocycles. The molecule has 0 amide bonds. The lowest BCUT2D eigenvalue weighted by Gasteiger charge is -2.44. The number of rotatable bonds is 4. The smallest absolute Gasteiger partial charge is 0.00956 e. The molecule has 0 bridgehead atoms. The van der Waals surface area contributed by atoms with Crippen molar-refractivity contribution in [3.8, 4) is 0 Å². The standard InChI is InChI=1S/C25H39N/c1-2-25-24(22-11-7-4-8-12-22)17-23(18-26-25)21-15-13-20(14-16-21)19-9-5-3-6-10-19/h3-5,7,13,15,19-26H,2,6,8-12,14,16-18H2,1H3. The molecule has 4 rings (SSSR count). The normalized spacial score (nSPS) is 43.5. The molecule has 1 saturated heterocycles. The van der Waals surface area contributed by atoms with Gasteiger partial charge in [-0.2, -0.15) is 0 Å². The second-order valence-corrected chi connectivity index (χ2v) is 9.46. The fourth-order valence-corrected chi connectivity index (χ4v) is 6.41. The summed E-state index contributed by atoms with van der Waals surface area (Å²) in [4.78, 5) is 0. The molecule has 1 N–H and O–H groups in total. The third kappa shape index (κ3) is 4.19. The van der Waals surface area contributed by atoms with Crippen LogP contribution in [0.5, 0.6) is 0 Å². The van der Waals surface area contributed by atoms with Gasteiger partial charge in [0.2, 0.25) is 0 Å². The predicted octanol–water partition coefficient (Wildman–Crippen LogP) is 6.29. The Kier molecular flexibility index (Phi) is 6.36. The van der Waals surface area contributed by atoms with Crippen molar-refractivity contribution >= 4 is 0 Å². The van der Waals surface area contributed by atoms with E-state index in [9.17, 15) is 0 Å². The Balaban J connectivity index is 1.37. The molecule has 1 fully saturated rings. The molecule has 4 aliphatic rings. The fraction of sp³-hybridized carbons (Fsp3) is 0.760. The van der Waals surface area contributed by atoms with Gasteiger partial charge in [0, 0.05) is 6.04 Å². The van der Waals surface area contributed by atoms with E-state index in [1.165, 1.54) is 70.8 Å². The maximum absolute atomic E-state index is 3.97. The SMILES string of the molecule is CCC1NCC(C2C=CC(C3CC=CCC3)CC2)CC1C1CC=CCC1. The van der Waals surface area contributed by atoms with Crippen molar-refractivity contribution in [3.05, 3.63) is 36.5 Å². The summed E-state index contributed by atoms with van der Waals surface area (Å²) in [5.41, 5.74) is 0. The van der Waals surface area contributed by atoms with Gasteiger partial charge in [0.05, 0.1) is 0 Å². The molecule has 0 radical (unpaired) electrons. The minimum absolute atomic E-state index is 0.761. The number of allylic oxidation sites excluding steroid dienone is 6. The Morgan fingerprint density at radius 2 is 1.42 bits per heavy atom. The van der Waals surface area contributed by atoms with Crippen LogP contribution in [0, 0.1) is 35.5 Å². The van der Waals surface area contributed by atoms with E-state index in [0.29, 0.717) is 0 Å². The number of hydrogen-bond acceptors (Lipinski definition) is 1. The van der Waals surface area contributed by atoms with E-state index >= 15 is 0 Å². The largest absolute Gasteiger partial charge is 0.313 e. The molecule has 1 heterocycles. The van der Waals surface area contributed by atoms with Gasteiger partial charge in [-0.15, -0.1) is 0 Å². The van der Waals surface area contributed by atoms with Crippen molar-refractivity contribution in [2.24, 2.45) is 35.5 Å². The molecule has 26 heavy (non-hydrogen) atoms. The zero-order chi connectivity index (χ0) is 17.8. The molecule has 1 heteroatoms. The van der Waals surface area contributed by atoms with Crippen molar-refractivity contribution in [2.75, 3.05) is 6.54 Å². The highest BCUT2D eigenvalue weighted by Crippen LogP contribution is 2.42. The Morgan fingerprint density at radius 3 is 2.00 bits per heavy atom. The van der Waals surface area contributed by atoms with Crippen molar-refractivity contribution in [3.63, 3.8) is 0 Å². The van der Waals surface area contributed by atoms with Gasteiger partial charge in [-0.05, 0) is 106 Å². The first-order valence-electron chi connectivity index (χ1n) is 11.6. The quantitative estimate of drug-likeness (QED) is 0.586. The third-order valence-corrected chi connectivity index (χ3v) is 8.05. The summed E-state index contributed by atoms with van der Waals surface area (Å²) in [6.45, 7) is 3.64. The monoisotopic (exact) mass is 353 g/mol. The Hall–Kier alpha value is -0.820. The average molecular weight is 354 g/mol. The number of nitrogens with one attached hydrogen (secondary N) is 1. The van der Waals surface area contributed by atoms with Crippen molar-refractivity contribution in [2.45, 2.75) is 77.2 Å². The summed E-state index contributed by atoms with van der Waals surface area (Å²) in [6.07, 6.45) is 28.7. The van der Waals surface area contributed by atoms with Gasteiger partial charge in [-0.25, -0.2) is 0 Å². The van der Waals surface area contributed by atoms with Gasteiger partial charge in [-0.1, -0.05) is 43.4 Å². The molecule has 7 atom stereocenters. The van der Waals surface area contributed by atoms with E-state index in [1.807, 2.05) is 0 Å². The zero-order valence-corrected chi connectivity index (χ0v) is 16.8. The second-order valence-electron chi connectivity index (χ2n) is 9.46. The van der Waals surface area contributed by atoms with E-state index in [1.54, 1.807) is 0 Å². The molecule has 144 valence electrons. The van der Waals surface area contributed by atoms with E-state index in [0.717, 1.165) is 41.5 Å². The molecule has 0 spiro atoms.